The molecule has 0 unspecified atom stereocenters. The molecule has 0 bridgehead atoms. The zero-order chi connectivity index (χ0) is 17.2. The van der Waals surface area contributed by atoms with Crippen LogP contribution in [0.3, 0.4) is 0 Å². The van der Waals surface area contributed by atoms with E-state index in [-0.39, 0.29) is 10.8 Å². The van der Waals surface area contributed by atoms with Crippen molar-refractivity contribution in [2.45, 2.75) is 23.8 Å². The third kappa shape index (κ3) is 3.50. The second-order valence-electron chi connectivity index (χ2n) is 5.88. The van der Waals surface area contributed by atoms with Crippen molar-refractivity contribution in [1.82, 2.24) is 14.3 Å². The molecule has 3 rings (SSSR count). The van der Waals surface area contributed by atoms with Crippen molar-refractivity contribution >= 4 is 10.0 Å². The number of ether oxygens (including phenoxy) is 1. The Bertz CT molecular complexity index is 800. The third-order valence-corrected chi connectivity index (χ3v) is 5.76. The van der Waals surface area contributed by atoms with Crippen molar-refractivity contribution < 1.29 is 17.5 Å². The molecule has 0 aliphatic carbocycles. The summed E-state index contributed by atoms with van der Waals surface area (Å²) in [4.78, 5) is 3.94. The lowest BCUT2D eigenvalue weighted by Gasteiger charge is -2.30. The van der Waals surface area contributed by atoms with Gasteiger partial charge in [-0.2, -0.15) is 0 Å². The van der Waals surface area contributed by atoms with Crippen LogP contribution in [0.1, 0.15) is 24.7 Å². The van der Waals surface area contributed by atoms with Gasteiger partial charge in [-0.3, -0.25) is 0 Å². The van der Waals surface area contributed by atoms with Crippen molar-refractivity contribution in [2.24, 2.45) is 13.0 Å². The van der Waals surface area contributed by atoms with Crippen LogP contribution in [-0.2, 0) is 21.8 Å². The van der Waals surface area contributed by atoms with Crippen molar-refractivity contribution in [1.29, 1.82) is 0 Å². The summed E-state index contributed by atoms with van der Waals surface area (Å²) in [5, 5.41) is 0. The van der Waals surface area contributed by atoms with Gasteiger partial charge in [0.1, 0.15) is 16.5 Å². The maximum absolute atomic E-state index is 13.9. The van der Waals surface area contributed by atoms with Crippen LogP contribution >= 0.6 is 0 Å². The van der Waals surface area contributed by atoms with Crippen LogP contribution in [-0.4, -0.2) is 31.2 Å². The summed E-state index contributed by atoms with van der Waals surface area (Å²) < 4.78 is 49.1. The SMILES string of the molecule is Cn1ccnc1[C@H](NS(=O)(=O)c1ccccc1F)C1CCOCC1. The van der Waals surface area contributed by atoms with Gasteiger partial charge in [0.05, 0.1) is 6.04 Å². The number of rotatable bonds is 5. The van der Waals surface area contributed by atoms with Gasteiger partial charge < -0.3 is 9.30 Å². The third-order valence-electron chi connectivity index (χ3n) is 4.28. The highest BCUT2D eigenvalue weighted by atomic mass is 32.2. The molecule has 0 amide bonds. The first-order valence-corrected chi connectivity index (χ1v) is 9.29. The second kappa shape index (κ2) is 7.00. The summed E-state index contributed by atoms with van der Waals surface area (Å²) in [6.07, 6.45) is 4.83. The summed E-state index contributed by atoms with van der Waals surface area (Å²) in [7, 11) is -2.19. The van der Waals surface area contributed by atoms with Gasteiger partial charge in [0.2, 0.25) is 10.0 Å². The van der Waals surface area contributed by atoms with E-state index in [2.05, 4.69) is 9.71 Å². The zero-order valence-electron chi connectivity index (χ0n) is 13.4. The number of sulfonamides is 1. The van der Waals surface area contributed by atoms with Crippen molar-refractivity contribution in [3.8, 4) is 0 Å². The maximum atomic E-state index is 13.9. The first kappa shape index (κ1) is 17.1. The fourth-order valence-corrected chi connectivity index (χ4v) is 4.32. The fourth-order valence-electron chi connectivity index (χ4n) is 2.98. The van der Waals surface area contributed by atoms with Crippen LogP contribution in [0.15, 0.2) is 41.6 Å². The summed E-state index contributed by atoms with van der Waals surface area (Å²) >= 11 is 0. The Labute approximate surface area is 140 Å². The molecule has 6 nitrogen and oxygen atoms in total. The van der Waals surface area contributed by atoms with Crippen LogP contribution in [0.25, 0.3) is 0 Å². The first-order valence-electron chi connectivity index (χ1n) is 7.81. The van der Waals surface area contributed by atoms with Gasteiger partial charge in [0.15, 0.2) is 0 Å². The van der Waals surface area contributed by atoms with Gasteiger partial charge >= 0.3 is 0 Å². The lowest BCUT2D eigenvalue weighted by molar-refractivity contribution is 0.0551. The van der Waals surface area contributed by atoms with E-state index in [1.165, 1.54) is 18.2 Å². The van der Waals surface area contributed by atoms with Crippen LogP contribution in [0, 0.1) is 11.7 Å². The Morgan fingerprint density at radius 1 is 1.33 bits per heavy atom. The van der Waals surface area contributed by atoms with Gasteiger partial charge in [0.25, 0.3) is 0 Å². The van der Waals surface area contributed by atoms with Crippen LogP contribution in [0.2, 0.25) is 0 Å². The normalized spacial score (nSPS) is 17.8. The number of aryl methyl sites for hydroxylation is 1. The van der Waals surface area contributed by atoms with E-state index < -0.39 is 21.9 Å². The smallest absolute Gasteiger partial charge is 0.244 e. The van der Waals surface area contributed by atoms with Crippen molar-refractivity contribution in [2.75, 3.05) is 13.2 Å². The Hall–Kier alpha value is -1.77. The standard InChI is InChI=1S/C16H20FN3O3S/c1-20-9-8-18-16(20)15(12-6-10-23-11-7-12)19-24(21,22)14-5-3-2-4-13(14)17/h2-5,8-9,12,15,19H,6-7,10-11H2,1H3/t15-/m1/s1. The summed E-state index contributed by atoms with van der Waals surface area (Å²) in [6.45, 7) is 1.15. The quantitative estimate of drug-likeness (QED) is 0.892. The van der Waals surface area contributed by atoms with E-state index in [4.69, 9.17) is 4.74 Å². The Balaban J connectivity index is 1.94. The summed E-state index contributed by atoms with van der Waals surface area (Å²) in [6, 6.07) is 4.83. The minimum Gasteiger partial charge on any atom is -0.381 e. The van der Waals surface area contributed by atoms with Gasteiger partial charge in [-0.15, -0.1) is 0 Å². The molecule has 130 valence electrons. The molecule has 1 aromatic heterocycles. The minimum absolute atomic E-state index is 0.0430. The molecule has 1 atom stereocenters. The van der Waals surface area contributed by atoms with Crippen LogP contribution < -0.4 is 4.72 Å². The molecular weight excluding hydrogens is 333 g/mol. The molecule has 1 N–H and O–H groups in total. The molecule has 1 aliphatic heterocycles. The second-order valence-corrected chi connectivity index (χ2v) is 7.56. The van der Waals surface area contributed by atoms with E-state index in [1.807, 2.05) is 7.05 Å². The van der Waals surface area contributed by atoms with Crippen LogP contribution in [0.4, 0.5) is 4.39 Å². The molecule has 2 heterocycles. The molecule has 1 fully saturated rings. The van der Waals surface area contributed by atoms with E-state index in [0.29, 0.717) is 19.0 Å². The maximum Gasteiger partial charge on any atom is 0.244 e. The Kier molecular flexibility index (Phi) is 4.98. The minimum atomic E-state index is -4.00. The number of nitrogens with one attached hydrogen (secondary N) is 1. The number of hydrogen-bond acceptors (Lipinski definition) is 4. The number of aromatic nitrogens is 2. The molecule has 1 aromatic carbocycles. The average Bonchev–Trinajstić information content (AvgIpc) is 2.99. The highest BCUT2D eigenvalue weighted by molar-refractivity contribution is 7.89. The average molecular weight is 353 g/mol. The summed E-state index contributed by atoms with van der Waals surface area (Å²) in [5.41, 5.74) is 0. The van der Waals surface area contributed by atoms with Crippen molar-refractivity contribution in [3.05, 3.63) is 48.3 Å². The predicted octanol–water partition coefficient (Wildman–Crippen LogP) is 2.01. The molecule has 24 heavy (non-hydrogen) atoms. The number of imidazole rings is 1. The zero-order valence-corrected chi connectivity index (χ0v) is 14.2. The molecule has 1 saturated heterocycles. The molecule has 0 radical (unpaired) electrons. The van der Waals surface area contributed by atoms with Crippen molar-refractivity contribution in [3.63, 3.8) is 0 Å². The Morgan fingerprint density at radius 3 is 2.67 bits per heavy atom. The highest BCUT2D eigenvalue weighted by Crippen LogP contribution is 2.31. The molecule has 8 heteroatoms. The van der Waals surface area contributed by atoms with Gasteiger partial charge in [-0.25, -0.2) is 22.5 Å². The fraction of sp³-hybridized carbons (Fsp3) is 0.438. The topological polar surface area (TPSA) is 73.2 Å². The van der Waals surface area contributed by atoms with E-state index in [0.717, 1.165) is 18.9 Å². The van der Waals surface area contributed by atoms with E-state index >= 15 is 0 Å². The molecule has 2 aromatic rings. The molecular formula is C16H20FN3O3S. The molecule has 0 spiro atoms. The monoisotopic (exact) mass is 353 g/mol. The van der Waals surface area contributed by atoms with E-state index in [9.17, 15) is 12.8 Å². The lowest BCUT2D eigenvalue weighted by atomic mass is 9.92. The number of halogens is 1. The molecule has 1 aliphatic rings. The summed E-state index contributed by atoms with van der Waals surface area (Å²) in [5.74, 6) is -0.112. The number of benzene rings is 1. The lowest BCUT2D eigenvalue weighted by Crippen LogP contribution is -2.37. The van der Waals surface area contributed by atoms with Gasteiger partial charge in [-0.1, -0.05) is 12.1 Å². The van der Waals surface area contributed by atoms with Crippen LogP contribution in [0.5, 0.6) is 0 Å². The van der Waals surface area contributed by atoms with E-state index in [1.54, 1.807) is 17.0 Å². The largest absolute Gasteiger partial charge is 0.381 e. The highest BCUT2D eigenvalue weighted by Gasteiger charge is 2.33. The Morgan fingerprint density at radius 2 is 2.04 bits per heavy atom. The van der Waals surface area contributed by atoms with Gasteiger partial charge in [-0.05, 0) is 30.9 Å². The van der Waals surface area contributed by atoms with Gasteiger partial charge in [0, 0.05) is 32.7 Å². The predicted molar refractivity (Wildman–Crippen MR) is 86.2 cm³/mol. The number of hydrogen-bond donors (Lipinski definition) is 1. The molecule has 0 saturated carbocycles. The number of nitrogens with zero attached hydrogens (tertiary/aromatic N) is 2. The first-order chi connectivity index (χ1) is 11.5.